The molecule has 0 fully saturated rings. The molecule has 1 heterocycles. The van der Waals surface area contributed by atoms with E-state index in [-0.39, 0.29) is 17.9 Å². The van der Waals surface area contributed by atoms with E-state index >= 15 is 0 Å². The summed E-state index contributed by atoms with van der Waals surface area (Å²) in [6.07, 6.45) is 0.226. The molecule has 4 rings (SSSR count). The quantitative estimate of drug-likeness (QED) is 0.255. The Hall–Kier alpha value is -3.89. The van der Waals surface area contributed by atoms with E-state index in [4.69, 9.17) is 10.2 Å². The van der Waals surface area contributed by atoms with E-state index in [0.717, 1.165) is 16.8 Å². The van der Waals surface area contributed by atoms with Gasteiger partial charge >= 0.3 is 0 Å². The van der Waals surface area contributed by atoms with Crippen LogP contribution in [-0.4, -0.2) is 27.3 Å². The summed E-state index contributed by atoms with van der Waals surface area (Å²) >= 11 is 1.26. The predicted molar refractivity (Wildman–Crippen MR) is 141 cm³/mol. The number of carbonyl (C=O) groups excluding carboxylic acids is 1. The predicted octanol–water partition coefficient (Wildman–Crippen LogP) is 5.18. The van der Waals surface area contributed by atoms with E-state index in [2.05, 4.69) is 6.07 Å². The Bertz CT molecular complexity index is 1430. The van der Waals surface area contributed by atoms with Gasteiger partial charge in [-0.25, -0.2) is 4.98 Å². The number of nitriles is 1. The highest BCUT2D eigenvalue weighted by atomic mass is 32.2. The number of amides is 1. The first-order chi connectivity index (χ1) is 17.0. The molecule has 0 aliphatic heterocycles. The number of hydrogen-bond donors (Lipinski definition) is 0. The number of nitrogens with zero attached hydrogens (tertiary/aromatic N) is 4. The fraction of sp³-hybridized carbons (Fsp3) is 0.214. The van der Waals surface area contributed by atoms with E-state index in [9.17, 15) is 9.59 Å². The fourth-order valence-electron chi connectivity index (χ4n) is 3.82. The zero-order valence-corrected chi connectivity index (χ0v) is 20.5. The second kappa shape index (κ2) is 11.0. The Morgan fingerprint density at radius 1 is 1.06 bits per heavy atom. The number of carbonyl (C=O) groups is 1. The number of hydrogen-bond acceptors (Lipinski definition) is 5. The molecule has 0 bridgehead atoms. The lowest BCUT2D eigenvalue weighted by Gasteiger charge is -2.25. The lowest BCUT2D eigenvalue weighted by atomic mass is 10.2. The largest absolute Gasteiger partial charge is 0.310 e. The Labute approximate surface area is 208 Å². The first kappa shape index (κ1) is 24.2. The van der Waals surface area contributed by atoms with Crippen molar-refractivity contribution >= 4 is 34.3 Å². The van der Waals surface area contributed by atoms with Gasteiger partial charge in [-0.3, -0.25) is 14.2 Å². The maximum absolute atomic E-state index is 13.5. The minimum atomic E-state index is -0.523. The Balaban J connectivity index is 1.69. The average Bonchev–Trinajstić information content (AvgIpc) is 2.88. The highest BCUT2D eigenvalue weighted by molar-refractivity contribution is 8.00. The number of fused-ring (bicyclic) bond motifs is 1. The molecule has 0 aliphatic carbocycles. The maximum Gasteiger partial charge on any atom is 0.262 e. The average molecular weight is 483 g/mol. The van der Waals surface area contributed by atoms with Crippen LogP contribution in [0.25, 0.3) is 10.9 Å². The van der Waals surface area contributed by atoms with E-state index in [1.54, 1.807) is 15.5 Å². The molecule has 35 heavy (non-hydrogen) atoms. The van der Waals surface area contributed by atoms with Crippen LogP contribution in [0.1, 0.15) is 24.5 Å². The summed E-state index contributed by atoms with van der Waals surface area (Å²) < 4.78 is 1.64. The second-order valence-corrected chi connectivity index (χ2v) is 9.59. The number of anilines is 1. The third kappa shape index (κ3) is 5.61. The summed E-state index contributed by atoms with van der Waals surface area (Å²) in [7, 11) is 0. The van der Waals surface area contributed by atoms with E-state index in [0.29, 0.717) is 29.1 Å². The summed E-state index contributed by atoms with van der Waals surface area (Å²) in [5.74, 6) is -0.136. The van der Waals surface area contributed by atoms with Crippen LogP contribution in [0.3, 0.4) is 0 Å². The molecule has 0 saturated heterocycles. The van der Waals surface area contributed by atoms with Crippen LogP contribution < -0.4 is 10.5 Å². The normalized spacial score (nSPS) is 11.7. The molecule has 1 atom stereocenters. The van der Waals surface area contributed by atoms with Gasteiger partial charge in [0.2, 0.25) is 5.91 Å². The minimum absolute atomic E-state index is 0.136. The van der Waals surface area contributed by atoms with Crippen LogP contribution in [-0.2, 0) is 11.3 Å². The highest BCUT2D eigenvalue weighted by Crippen LogP contribution is 2.27. The van der Waals surface area contributed by atoms with Crippen LogP contribution in [0.4, 0.5) is 5.69 Å². The number of para-hydroxylation sites is 1. The molecular weight excluding hydrogens is 456 g/mol. The molecule has 7 heteroatoms. The summed E-state index contributed by atoms with van der Waals surface area (Å²) in [4.78, 5) is 33.4. The molecule has 0 saturated carbocycles. The number of thioether (sulfide) groups is 1. The van der Waals surface area contributed by atoms with Crippen molar-refractivity contribution in [3.05, 3.63) is 100 Å². The van der Waals surface area contributed by atoms with Gasteiger partial charge in [-0.15, -0.1) is 0 Å². The lowest BCUT2D eigenvalue weighted by Crippen LogP contribution is -2.38. The highest BCUT2D eigenvalue weighted by Gasteiger charge is 2.25. The third-order valence-electron chi connectivity index (χ3n) is 5.70. The Kier molecular flexibility index (Phi) is 7.64. The van der Waals surface area contributed by atoms with Crippen molar-refractivity contribution in [3.8, 4) is 6.07 Å². The van der Waals surface area contributed by atoms with Crippen LogP contribution in [0.5, 0.6) is 0 Å². The van der Waals surface area contributed by atoms with Gasteiger partial charge in [0.15, 0.2) is 5.16 Å². The monoisotopic (exact) mass is 482 g/mol. The number of aromatic nitrogens is 2. The Morgan fingerprint density at radius 2 is 1.74 bits per heavy atom. The topological polar surface area (TPSA) is 79.0 Å². The van der Waals surface area contributed by atoms with Crippen molar-refractivity contribution in [3.63, 3.8) is 0 Å². The number of rotatable bonds is 8. The zero-order chi connectivity index (χ0) is 24.8. The maximum atomic E-state index is 13.5. The lowest BCUT2D eigenvalue weighted by molar-refractivity contribution is -0.117. The van der Waals surface area contributed by atoms with Crippen molar-refractivity contribution in [1.29, 1.82) is 5.26 Å². The van der Waals surface area contributed by atoms with Crippen molar-refractivity contribution in [2.75, 3.05) is 11.4 Å². The first-order valence-corrected chi connectivity index (χ1v) is 12.3. The molecule has 0 N–H and O–H groups in total. The van der Waals surface area contributed by atoms with Gasteiger partial charge in [-0.05, 0) is 43.7 Å². The SMILES string of the molecule is Cc1ccc(N(CCC#N)C(=O)C(C)Sc2nc3ccccc3c(=O)n2Cc2ccccc2)cc1. The molecule has 176 valence electrons. The van der Waals surface area contributed by atoms with Crippen molar-refractivity contribution < 1.29 is 4.79 Å². The van der Waals surface area contributed by atoms with Gasteiger partial charge in [-0.2, -0.15) is 5.26 Å². The first-order valence-electron chi connectivity index (χ1n) is 11.4. The molecule has 0 aliphatic rings. The smallest absolute Gasteiger partial charge is 0.262 e. The van der Waals surface area contributed by atoms with Gasteiger partial charge in [0.25, 0.3) is 5.56 Å². The summed E-state index contributed by atoms with van der Waals surface area (Å²) in [6, 6.07) is 26.8. The van der Waals surface area contributed by atoms with Gasteiger partial charge in [0.05, 0.1) is 35.2 Å². The molecule has 1 unspecified atom stereocenters. The van der Waals surface area contributed by atoms with Gasteiger partial charge < -0.3 is 4.90 Å². The molecule has 1 aromatic heterocycles. The fourth-order valence-corrected chi connectivity index (χ4v) is 4.79. The molecule has 1 amide bonds. The zero-order valence-electron chi connectivity index (χ0n) is 19.7. The minimum Gasteiger partial charge on any atom is -0.310 e. The van der Waals surface area contributed by atoms with Crippen molar-refractivity contribution in [1.82, 2.24) is 9.55 Å². The molecule has 0 spiro atoms. The molecular formula is C28H26N4O2S. The van der Waals surface area contributed by atoms with Gasteiger partial charge in [0, 0.05) is 12.2 Å². The van der Waals surface area contributed by atoms with Crippen molar-refractivity contribution in [2.45, 2.75) is 37.2 Å². The van der Waals surface area contributed by atoms with Crippen LogP contribution in [0.15, 0.2) is 88.8 Å². The summed E-state index contributed by atoms with van der Waals surface area (Å²) in [6.45, 7) is 4.46. The summed E-state index contributed by atoms with van der Waals surface area (Å²) in [5.41, 5.74) is 3.28. The number of aryl methyl sites for hydroxylation is 1. The third-order valence-corrected chi connectivity index (χ3v) is 6.78. The molecule has 3 aromatic carbocycles. The van der Waals surface area contributed by atoms with Crippen LogP contribution in [0, 0.1) is 18.3 Å². The Morgan fingerprint density at radius 3 is 2.46 bits per heavy atom. The van der Waals surface area contributed by atoms with Crippen molar-refractivity contribution in [2.24, 2.45) is 0 Å². The molecule has 0 radical (unpaired) electrons. The second-order valence-electron chi connectivity index (χ2n) is 8.28. The molecule has 4 aromatic rings. The van der Waals surface area contributed by atoms with Gasteiger partial charge in [0.1, 0.15) is 0 Å². The van der Waals surface area contributed by atoms with Crippen LogP contribution in [0.2, 0.25) is 0 Å². The van der Waals surface area contributed by atoms with Crippen LogP contribution >= 0.6 is 11.8 Å². The summed E-state index contributed by atoms with van der Waals surface area (Å²) in [5, 5.41) is 9.64. The standard InChI is InChI=1S/C28H26N4O2S/c1-20-13-15-23(16-14-20)31(18-8-17-29)26(33)21(2)35-28-30-25-12-7-6-11-24(25)27(34)32(28)19-22-9-4-3-5-10-22/h3-7,9-16,21H,8,18-19H2,1-2H3. The van der Waals surface area contributed by atoms with E-state index < -0.39 is 5.25 Å². The van der Waals surface area contributed by atoms with Gasteiger partial charge in [-0.1, -0.05) is 71.9 Å². The van der Waals surface area contributed by atoms with E-state index in [1.165, 1.54) is 11.8 Å². The molecule has 6 nitrogen and oxygen atoms in total. The number of benzene rings is 3. The van der Waals surface area contributed by atoms with E-state index in [1.807, 2.05) is 86.6 Å².